The van der Waals surface area contributed by atoms with Gasteiger partial charge in [0.05, 0.1) is 6.04 Å². The molecule has 1 aromatic heterocycles. The van der Waals surface area contributed by atoms with Gasteiger partial charge in [-0.1, -0.05) is 0 Å². The average Bonchev–Trinajstić information content (AvgIpc) is 2.91. The van der Waals surface area contributed by atoms with Crippen LogP contribution in [0.3, 0.4) is 0 Å². The highest BCUT2D eigenvalue weighted by molar-refractivity contribution is 9.10. The molecule has 2 aliphatic rings. The lowest BCUT2D eigenvalue weighted by Gasteiger charge is -2.30. The Hall–Kier alpha value is -1.30. The number of nitrogens with zero attached hydrogens (tertiary/aromatic N) is 2. The van der Waals surface area contributed by atoms with Crippen molar-refractivity contribution in [2.24, 2.45) is 5.92 Å². The van der Waals surface area contributed by atoms with Crippen LogP contribution in [0, 0.1) is 5.92 Å². The maximum Gasteiger partial charge on any atom is 0.407 e. The van der Waals surface area contributed by atoms with E-state index in [9.17, 15) is 4.79 Å². The van der Waals surface area contributed by atoms with Crippen molar-refractivity contribution in [3.05, 3.63) is 22.8 Å². The number of halogens is 1. The molecule has 0 aromatic carbocycles. The van der Waals surface area contributed by atoms with Crippen molar-refractivity contribution in [2.45, 2.75) is 25.0 Å². The van der Waals surface area contributed by atoms with Crippen LogP contribution in [0.15, 0.2) is 22.8 Å². The molecule has 2 bridgehead atoms. The fraction of sp³-hybridized carbons (Fsp3) is 0.500. The Bertz CT molecular complexity index is 465. The first-order chi connectivity index (χ1) is 8.63. The molecule has 1 saturated heterocycles. The first kappa shape index (κ1) is 11.8. The third kappa shape index (κ3) is 2.05. The topological polar surface area (TPSA) is 62.7 Å². The Morgan fingerprint density at radius 1 is 1.50 bits per heavy atom. The van der Waals surface area contributed by atoms with Crippen molar-refractivity contribution in [3.8, 4) is 5.88 Å². The Morgan fingerprint density at radius 2 is 2.33 bits per heavy atom. The maximum absolute atomic E-state index is 11.1. The zero-order valence-electron chi connectivity index (χ0n) is 9.62. The summed E-state index contributed by atoms with van der Waals surface area (Å²) < 4.78 is 6.71. The average molecular weight is 313 g/mol. The number of pyridine rings is 1. The third-order valence-electron chi connectivity index (χ3n) is 3.64. The lowest BCUT2D eigenvalue weighted by atomic mass is 10.1. The summed E-state index contributed by atoms with van der Waals surface area (Å²) in [6.45, 7) is 0.646. The van der Waals surface area contributed by atoms with Gasteiger partial charge in [-0.05, 0) is 40.8 Å². The lowest BCUT2D eigenvalue weighted by Crippen LogP contribution is -2.46. The number of aromatic nitrogens is 1. The van der Waals surface area contributed by atoms with Gasteiger partial charge in [0.15, 0.2) is 0 Å². The zero-order valence-corrected chi connectivity index (χ0v) is 11.2. The number of hydrogen-bond donors (Lipinski definition) is 1. The van der Waals surface area contributed by atoms with Crippen LogP contribution in [0.25, 0.3) is 0 Å². The number of likely N-dealkylation sites (tertiary alicyclic amines) is 1. The predicted octanol–water partition coefficient (Wildman–Crippen LogP) is 2.36. The fourth-order valence-corrected chi connectivity index (χ4v) is 3.13. The van der Waals surface area contributed by atoms with Crippen molar-refractivity contribution in [3.63, 3.8) is 0 Å². The highest BCUT2D eigenvalue weighted by Crippen LogP contribution is 2.39. The second kappa shape index (κ2) is 4.42. The van der Waals surface area contributed by atoms with Crippen molar-refractivity contribution < 1.29 is 14.6 Å². The number of carboxylic acid groups (broad SMARTS) is 1. The Labute approximate surface area is 113 Å². The summed E-state index contributed by atoms with van der Waals surface area (Å²) in [4.78, 5) is 16.7. The summed E-state index contributed by atoms with van der Waals surface area (Å²) in [5.41, 5.74) is 0. The summed E-state index contributed by atoms with van der Waals surface area (Å²) in [6.07, 6.45) is 2.60. The molecule has 2 fully saturated rings. The molecule has 1 N–H and O–H groups in total. The van der Waals surface area contributed by atoms with E-state index in [1.807, 2.05) is 6.07 Å². The van der Waals surface area contributed by atoms with Gasteiger partial charge in [0.2, 0.25) is 5.88 Å². The molecule has 18 heavy (non-hydrogen) atoms. The molecule has 0 radical (unpaired) electrons. The van der Waals surface area contributed by atoms with Crippen LogP contribution in [0.1, 0.15) is 12.8 Å². The van der Waals surface area contributed by atoms with Gasteiger partial charge in [-0.3, -0.25) is 0 Å². The first-order valence-corrected chi connectivity index (χ1v) is 6.70. The molecule has 2 heterocycles. The second-order valence-electron chi connectivity index (χ2n) is 4.81. The molecule has 1 aromatic rings. The highest BCUT2D eigenvalue weighted by Gasteiger charge is 2.48. The van der Waals surface area contributed by atoms with E-state index in [1.54, 1.807) is 12.3 Å². The lowest BCUT2D eigenvalue weighted by molar-refractivity contribution is 0.0662. The number of fused-ring (bicyclic) bond motifs is 2. The summed E-state index contributed by atoms with van der Waals surface area (Å²) in [5, 5.41) is 9.10. The van der Waals surface area contributed by atoms with E-state index in [-0.39, 0.29) is 12.1 Å². The smallest absolute Gasteiger partial charge is 0.407 e. The molecule has 1 amide bonds. The molecule has 1 aliphatic carbocycles. The van der Waals surface area contributed by atoms with Crippen molar-refractivity contribution in [1.82, 2.24) is 9.88 Å². The van der Waals surface area contributed by atoms with E-state index < -0.39 is 6.09 Å². The monoisotopic (exact) mass is 312 g/mol. The SMILES string of the molecule is O=C(O)N1CC2CC(Oc3ccc(Br)cn3)C1C2. The largest absolute Gasteiger partial charge is 0.472 e. The minimum Gasteiger partial charge on any atom is -0.472 e. The van der Waals surface area contributed by atoms with E-state index in [1.165, 1.54) is 4.90 Å². The van der Waals surface area contributed by atoms with Gasteiger partial charge in [0.25, 0.3) is 0 Å². The van der Waals surface area contributed by atoms with E-state index in [4.69, 9.17) is 9.84 Å². The van der Waals surface area contributed by atoms with Gasteiger partial charge >= 0.3 is 6.09 Å². The molecule has 0 spiro atoms. The molecule has 1 aliphatic heterocycles. The second-order valence-corrected chi connectivity index (χ2v) is 5.73. The van der Waals surface area contributed by atoms with Crippen LogP contribution in [0.5, 0.6) is 5.88 Å². The van der Waals surface area contributed by atoms with Crippen LogP contribution in [0.2, 0.25) is 0 Å². The summed E-state index contributed by atoms with van der Waals surface area (Å²) in [6, 6.07) is 3.64. The van der Waals surface area contributed by atoms with Gasteiger partial charge in [-0.25, -0.2) is 9.78 Å². The maximum atomic E-state index is 11.1. The fourth-order valence-electron chi connectivity index (χ4n) is 2.90. The molecular weight excluding hydrogens is 300 g/mol. The van der Waals surface area contributed by atoms with Crippen molar-refractivity contribution in [2.75, 3.05) is 6.54 Å². The van der Waals surface area contributed by atoms with E-state index in [0.717, 1.165) is 17.3 Å². The number of carbonyl (C=O) groups is 1. The summed E-state index contributed by atoms with van der Waals surface area (Å²) >= 11 is 3.32. The molecule has 3 unspecified atom stereocenters. The quantitative estimate of drug-likeness (QED) is 0.910. The van der Waals surface area contributed by atoms with E-state index in [2.05, 4.69) is 20.9 Å². The number of rotatable bonds is 2. The third-order valence-corrected chi connectivity index (χ3v) is 4.11. The van der Waals surface area contributed by atoms with Crippen LogP contribution >= 0.6 is 15.9 Å². The van der Waals surface area contributed by atoms with Crippen molar-refractivity contribution in [1.29, 1.82) is 0 Å². The van der Waals surface area contributed by atoms with Crippen LogP contribution in [-0.2, 0) is 0 Å². The number of amides is 1. The molecular formula is C12H13BrN2O3. The molecule has 6 heteroatoms. The number of hydrogen-bond acceptors (Lipinski definition) is 3. The van der Waals surface area contributed by atoms with Gasteiger partial charge in [-0.15, -0.1) is 0 Å². The van der Waals surface area contributed by atoms with Crippen LogP contribution < -0.4 is 4.74 Å². The molecule has 3 rings (SSSR count). The normalized spacial score (nSPS) is 29.6. The highest BCUT2D eigenvalue weighted by atomic mass is 79.9. The van der Waals surface area contributed by atoms with E-state index >= 15 is 0 Å². The minimum absolute atomic E-state index is 0.0158. The van der Waals surface area contributed by atoms with Crippen LogP contribution in [-0.4, -0.2) is 39.8 Å². The standard InChI is InChI=1S/C12H13BrN2O3/c13-8-1-2-11(14-5-8)18-10-4-7-3-9(10)15(6-7)12(16)17/h1-2,5,7,9-10H,3-4,6H2,(H,16,17). The van der Waals surface area contributed by atoms with Gasteiger partial charge in [0.1, 0.15) is 6.10 Å². The van der Waals surface area contributed by atoms with Gasteiger partial charge < -0.3 is 14.7 Å². The van der Waals surface area contributed by atoms with Gasteiger partial charge in [0, 0.05) is 23.3 Å². The Kier molecular flexibility index (Phi) is 2.89. The molecule has 5 nitrogen and oxygen atoms in total. The van der Waals surface area contributed by atoms with Crippen LogP contribution in [0.4, 0.5) is 4.79 Å². The van der Waals surface area contributed by atoms with Crippen molar-refractivity contribution >= 4 is 22.0 Å². The zero-order chi connectivity index (χ0) is 12.7. The Morgan fingerprint density at radius 3 is 2.94 bits per heavy atom. The number of ether oxygens (including phenoxy) is 1. The molecule has 1 saturated carbocycles. The summed E-state index contributed by atoms with van der Waals surface area (Å²) in [5.74, 6) is 0.993. The minimum atomic E-state index is -0.848. The molecule has 96 valence electrons. The van der Waals surface area contributed by atoms with Gasteiger partial charge in [-0.2, -0.15) is 0 Å². The summed E-state index contributed by atoms with van der Waals surface area (Å²) in [7, 11) is 0. The first-order valence-electron chi connectivity index (χ1n) is 5.91. The Balaban J connectivity index is 1.71. The van der Waals surface area contributed by atoms with E-state index in [0.29, 0.717) is 18.3 Å². The predicted molar refractivity (Wildman–Crippen MR) is 67.6 cm³/mol. The molecule has 3 atom stereocenters. The number of piperidine rings is 1.